The molecule has 0 aromatic carbocycles. The molecule has 0 unspecified atom stereocenters. The first kappa shape index (κ1) is 16.7. The number of nitrogens with zero attached hydrogens (tertiary/aromatic N) is 1. The Morgan fingerprint density at radius 1 is 1.05 bits per heavy atom. The van der Waals surface area contributed by atoms with Crippen molar-refractivity contribution in [1.82, 2.24) is 4.98 Å². The molecule has 0 atom stereocenters. The molecule has 112 valence electrons. The van der Waals surface area contributed by atoms with Crippen molar-refractivity contribution in [2.45, 2.75) is 72.6 Å². The van der Waals surface area contributed by atoms with Crippen LogP contribution in [0.15, 0.2) is 0 Å². The summed E-state index contributed by atoms with van der Waals surface area (Å²) in [6, 6.07) is 0. The molecule has 1 heterocycles. The number of Topliss-reactive ketones (excluding diaryl/α,β-unsaturated/α-hetero) is 1. The maximum atomic E-state index is 12.3. The second-order valence-corrected chi connectivity index (χ2v) is 7.50. The van der Waals surface area contributed by atoms with Crippen molar-refractivity contribution in [3.63, 3.8) is 0 Å². The summed E-state index contributed by atoms with van der Waals surface area (Å²) in [7, 11) is 0. The van der Waals surface area contributed by atoms with Crippen LogP contribution in [-0.2, 0) is 10.8 Å². The Hall–Kier alpha value is -1.38. The number of nitrogen functional groups attached to an aromatic ring is 1. The third kappa shape index (κ3) is 3.02. The van der Waals surface area contributed by atoms with E-state index in [9.17, 15) is 4.79 Å². The SMILES string of the molecule is CCC(=O)c1c(C(C)(C)C)nc(C(C)(C)C)c(N)c1C. The van der Waals surface area contributed by atoms with E-state index in [1.807, 2.05) is 13.8 Å². The summed E-state index contributed by atoms with van der Waals surface area (Å²) in [5, 5.41) is 0. The van der Waals surface area contributed by atoms with Crippen molar-refractivity contribution < 1.29 is 4.79 Å². The van der Waals surface area contributed by atoms with Gasteiger partial charge in [-0.3, -0.25) is 9.78 Å². The van der Waals surface area contributed by atoms with Crippen molar-refractivity contribution in [3.8, 4) is 0 Å². The summed E-state index contributed by atoms with van der Waals surface area (Å²) in [5.74, 6) is 0.118. The van der Waals surface area contributed by atoms with Crippen LogP contribution in [0, 0.1) is 6.92 Å². The first-order valence-corrected chi connectivity index (χ1v) is 7.25. The van der Waals surface area contributed by atoms with Gasteiger partial charge < -0.3 is 5.73 Å². The summed E-state index contributed by atoms with van der Waals surface area (Å²) in [5.41, 5.74) is 9.93. The van der Waals surface area contributed by atoms with Gasteiger partial charge in [-0.2, -0.15) is 0 Å². The fraction of sp³-hybridized carbons (Fsp3) is 0.647. The van der Waals surface area contributed by atoms with Crippen molar-refractivity contribution in [2.24, 2.45) is 0 Å². The van der Waals surface area contributed by atoms with E-state index in [4.69, 9.17) is 10.7 Å². The average Bonchev–Trinajstić information content (AvgIpc) is 2.28. The maximum Gasteiger partial charge on any atom is 0.164 e. The number of hydrogen-bond acceptors (Lipinski definition) is 3. The minimum atomic E-state index is -0.182. The van der Waals surface area contributed by atoms with E-state index in [0.717, 1.165) is 17.0 Å². The number of anilines is 1. The predicted octanol–water partition coefficient (Wildman–Crippen LogP) is 4.16. The van der Waals surface area contributed by atoms with Crippen LogP contribution in [0.2, 0.25) is 0 Å². The van der Waals surface area contributed by atoms with Gasteiger partial charge in [0, 0.05) is 22.8 Å². The Morgan fingerprint density at radius 2 is 1.50 bits per heavy atom. The third-order valence-corrected chi connectivity index (χ3v) is 3.52. The minimum absolute atomic E-state index is 0.118. The van der Waals surface area contributed by atoms with Gasteiger partial charge in [0.25, 0.3) is 0 Å². The first-order chi connectivity index (χ1) is 8.91. The largest absolute Gasteiger partial charge is 0.397 e. The molecule has 2 N–H and O–H groups in total. The van der Waals surface area contributed by atoms with Gasteiger partial charge in [-0.25, -0.2) is 0 Å². The van der Waals surface area contributed by atoms with Crippen LogP contribution in [0.4, 0.5) is 5.69 Å². The number of carbonyl (C=O) groups excluding carboxylic acids is 1. The van der Waals surface area contributed by atoms with Crippen molar-refractivity contribution >= 4 is 11.5 Å². The molecule has 0 spiro atoms. The zero-order valence-corrected chi connectivity index (χ0v) is 14.1. The summed E-state index contributed by atoms with van der Waals surface area (Å²) in [6.07, 6.45) is 0.472. The fourth-order valence-electron chi connectivity index (χ4n) is 2.35. The molecule has 0 radical (unpaired) electrons. The molecular formula is C17H28N2O. The lowest BCUT2D eigenvalue weighted by Crippen LogP contribution is -2.26. The fourth-order valence-corrected chi connectivity index (χ4v) is 2.35. The standard InChI is InChI=1S/C17H28N2O/c1-9-11(20)12-10(2)13(18)15(17(6,7)8)19-14(12)16(3,4)5/h9,18H2,1-8H3. The van der Waals surface area contributed by atoms with Crippen LogP contribution < -0.4 is 5.73 Å². The second-order valence-electron chi connectivity index (χ2n) is 7.50. The molecule has 0 aliphatic carbocycles. The summed E-state index contributed by atoms with van der Waals surface area (Å²) in [4.78, 5) is 17.1. The highest BCUT2D eigenvalue weighted by molar-refractivity contribution is 6.00. The Balaban J connectivity index is 3.79. The van der Waals surface area contributed by atoms with Crippen LogP contribution >= 0.6 is 0 Å². The van der Waals surface area contributed by atoms with E-state index in [2.05, 4.69) is 41.5 Å². The molecule has 1 rings (SSSR count). The number of carbonyl (C=O) groups is 1. The van der Waals surface area contributed by atoms with Crippen LogP contribution in [0.1, 0.15) is 82.2 Å². The van der Waals surface area contributed by atoms with E-state index < -0.39 is 0 Å². The number of ketones is 1. The molecule has 20 heavy (non-hydrogen) atoms. The average molecular weight is 276 g/mol. The second kappa shape index (κ2) is 5.19. The number of nitrogens with two attached hydrogens (primary N) is 1. The van der Waals surface area contributed by atoms with E-state index in [1.165, 1.54) is 0 Å². The lowest BCUT2D eigenvalue weighted by atomic mass is 9.81. The normalized spacial score (nSPS) is 12.6. The van der Waals surface area contributed by atoms with Gasteiger partial charge in [0.1, 0.15) is 0 Å². The zero-order valence-electron chi connectivity index (χ0n) is 14.1. The van der Waals surface area contributed by atoms with Crippen LogP contribution in [0.3, 0.4) is 0 Å². The van der Waals surface area contributed by atoms with Gasteiger partial charge in [0.2, 0.25) is 0 Å². The Kier molecular flexibility index (Phi) is 4.33. The highest BCUT2D eigenvalue weighted by atomic mass is 16.1. The van der Waals surface area contributed by atoms with Crippen LogP contribution in [-0.4, -0.2) is 10.8 Å². The molecule has 0 aliphatic rings. The Bertz CT molecular complexity index is 531. The van der Waals surface area contributed by atoms with Crippen molar-refractivity contribution in [3.05, 3.63) is 22.5 Å². The van der Waals surface area contributed by atoms with E-state index in [-0.39, 0.29) is 16.6 Å². The van der Waals surface area contributed by atoms with Gasteiger partial charge in [-0.15, -0.1) is 0 Å². The smallest absolute Gasteiger partial charge is 0.164 e. The maximum absolute atomic E-state index is 12.3. The zero-order chi connectivity index (χ0) is 15.9. The summed E-state index contributed by atoms with van der Waals surface area (Å²) in [6.45, 7) is 16.4. The van der Waals surface area contributed by atoms with Gasteiger partial charge in [0.05, 0.1) is 17.1 Å². The highest BCUT2D eigenvalue weighted by Gasteiger charge is 2.30. The van der Waals surface area contributed by atoms with Gasteiger partial charge >= 0.3 is 0 Å². The summed E-state index contributed by atoms with van der Waals surface area (Å²) >= 11 is 0. The van der Waals surface area contributed by atoms with E-state index in [1.54, 1.807) is 0 Å². The van der Waals surface area contributed by atoms with Crippen molar-refractivity contribution in [1.29, 1.82) is 0 Å². The van der Waals surface area contributed by atoms with Crippen LogP contribution in [0.5, 0.6) is 0 Å². The molecule has 0 saturated heterocycles. The Morgan fingerprint density at radius 3 is 1.85 bits per heavy atom. The van der Waals surface area contributed by atoms with Gasteiger partial charge in [0.15, 0.2) is 5.78 Å². The predicted molar refractivity (Wildman–Crippen MR) is 85.4 cm³/mol. The molecule has 0 aliphatic heterocycles. The number of hydrogen-bond donors (Lipinski definition) is 1. The van der Waals surface area contributed by atoms with Crippen LogP contribution in [0.25, 0.3) is 0 Å². The quantitative estimate of drug-likeness (QED) is 0.825. The molecule has 0 amide bonds. The van der Waals surface area contributed by atoms with E-state index in [0.29, 0.717) is 17.7 Å². The lowest BCUT2D eigenvalue weighted by molar-refractivity contribution is 0.0984. The highest BCUT2D eigenvalue weighted by Crippen LogP contribution is 2.35. The number of pyridine rings is 1. The molecule has 1 aromatic rings. The molecule has 3 nitrogen and oxygen atoms in total. The third-order valence-electron chi connectivity index (χ3n) is 3.52. The topological polar surface area (TPSA) is 56.0 Å². The first-order valence-electron chi connectivity index (χ1n) is 7.25. The Labute approximate surface area is 123 Å². The molecule has 0 fully saturated rings. The molecule has 0 saturated carbocycles. The lowest BCUT2D eigenvalue weighted by Gasteiger charge is -2.29. The monoisotopic (exact) mass is 276 g/mol. The van der Waals surface area contributed by atoms with Gasteiger partial charge in [-0.1, -0.05) is 48.5 Å². The van der Waals surface area contributed by atoms with Crippen molar-refractivity contribution in [2.75, 3.05) is 5.73 Å². The molecule has 0 bridgehead atoms. The summed E-state index contributed by atoms with van der Waals surface area (Å²) < 4.78 is 0. The molecular weight excluding hydrogens is 248 g/mol. The minimum Gasteiger partial charge on any atom is -0.397 e. The van der Waals surface area contributed by atoms with Gasteiger partial charge in [-0.05, 0) is 12.5 Å². The molecule has 1 aromatic heterocycles. The number of rotatable bonds is 2. The number of aromatic nitrogens is 1. The van der Waals surface area contributed by atoms with E-state index >= 15 is 0 Å². The molecule has 3 heteroatoms.